The van der Waals surface area contributed by atoms with E-state index in [1.54, 1.807) is 0 Å². The van der Waals surface area contributed by atoms with Gasteiger partial charge in [0.2, 0.25) is 0 Å². The first-order valence-electron chi connectivity index (χ1n) is 9.19. The third-order valence-electron chi connectivity index (χ3n) is 5.42. The van der Waals surface area contributed by atoms with Crippen LogP contribution in [0.1, 0.15) is 24.8 Å². The number of aryl methyl sites for hydroxylation is 1. The van der Waals surface area contributed by atoms with Gasteiger partial charge in [0.1, 0.15) is 0 Å². The molecule has 0 amide bonds. The Morgan fingerprint density at radius 2 is 1.58 bits per heavy atom. The molecule has 2 heteroatoms. The molecule has 124 valence electrons. The standard InChI is InChI=1S/C22H26N2/c1-2-6-19(7-3-1)10-11-20-12-15-23(16-13-20)18-24-17-14-21-8-4-5-9-22(21)24/h1-9,14,17,20H,10-13,15-16,18H2. The molecule has 0 N–H and O–H groups in total. The Morgan fingerprint density at radius 3 is 2.42 bits per heavy atom. The number of fused-ring (bicyclic) bond motifs is 1. The summed E-state index contributed by atoms with van der Waals surface area (Å²) in [6.45, 7) is 3.48. The number of piperidine rings is 1. The van der Waals surface area contributed by atoms with Crippen LogP contribution in [-0.2, 0) is 13.1 Å². The minimum atomic E-state index is 0.892. The molecule has 1 aromatic heterocycles. The fraction of sp³-hybridized carbons (Fsp3) is 0.364. The first-order chi connectivity index (χ1) is 11.9. The van der Waals surface area contributed by atoms with Crippen molar-refractivity contribution >= 4 is 10.9 Å². The van der Waals surface area contributed by atoms with Crippen LogP contribution in [0.25, 0.3) is 10.9 Å². The maximum Gasteiger partial charge on any atom is 0.0751 e. The van der Waals surface area contributed by atoms with Gasteiger partial charge in [0, 0.05) is 24.8 Å². The molecule has 0 saturated carbocycles. The van der Waals surface area contributed by atoms with Gasteiger partial charge in [0.15, 0.2) is 0 Å². The summed E-state index contributed by atoms with van der Waals surface area (Å²) in [7, 11) is 0. The van der Waals surface area contributed by atoms with Gasteiger partial charge in [0.25, 0.3) is 0 Å². The van der Waals surface area contributed by atoms with E-state index >= 15 is 0 Å². The lowest BCUT2D eigenvalue weighted by atomic mass is 9.91. The summed E-state index contributed by atoms with van der Waals surface area (Å²) >= 11 is 0. The van der Waals surface area contributed by atoms with Gasteiger partial charge in [-0.3, -0.25) is 4.90 Å². The number of likely N-dealkylation sites (tertiary alicyclic amines) is 1. The molecule has 0 atom stereocenters. The van der Waals surface area contributed by atoms with Crippen molar-refractivity contribution in [2.24, 2.45) is 5.92 Å². The highest BCUT2D eigenvalue weighted by Gasteiger charge is 2.19. The molecule has 1 aliphatic heterocycles. The molecule has 0 spiro atoms. The van der Waals surface area contributed by atoms with Crippen LogP contribution in [0.3, 0.4) is 0 Å². The highest BCUT2D eigenvalue weighted by Crippen LogP contribution is 2.24. The minimum Gasteiger partial charge on any atom is -0.334 e. The molecule has 1 saturated heterocycles. The molecule has 3 aromatic rings. The minimum absolute atomic E-state index is 0.892. The molecule has 4 rings (SSSR count). The maximum atomic E-state index is 2.60. The molecular formula is C22H26N2. The van der Waals surface area contributed by atoms with E-state index in [1.165, 1.54) is 55.2 Å². The molecular weight excluding hydrogens is 292 g/mol. The van der Waals surface area contributed by atoms with Crippen molar-refractivity contribution in [3.05, 3.63) is 72.4 Å². The lowest BCUT2D eigenvalue weighted by molar-refractivity contribution is 0.146. The second kappa shape index (κ2) is 7.23. The third-order valence-corrected chi connectivity index (χ3v) is 5.42. The quantitative estimate of drug-likeness (QED) is 0.646. The van der Waals surface area contributed by atoms with E-state index in [2.05, 4.69) is 76.3 Å². The Labute approximate surface area is 144 Å². The zero-order valence-corrected chi connectivity index (χ0v) is 14.3. The molecule has 0 radical (unpaired) electrons. The van der Waals surface area contributed by atoms with Gasteiger partial charge in [-0.25, -0.2) is 0 Å². The second-order valence-corrected chi connectivity index (χ2v) is 7.07. The Kier molecular flexibility index (Phi) is 4.66. The van der Waals surface area contributed by atoms with Crippen molar-refractivity contribution < 1.29 is 0 Å². The highest BCUT2D eigenvalue weighted by atomic mass is 15.2. The summed E-state index contributed by atoms with van der Waals surface area (Å²) in [5.74, 6) is 0.892. The SMILES string of the molecule is c1ccc(CCC2CCN(Cn3ccc4ccccc43)CC2)cc1. The molecule has 24 heavy (non-hydrogen) atoms. The van der Waals surface area contributed by atoms with Crippen molar-refractivity contribution in [2.45, 2.75) is 32.4 Å². The summed E-state index contributed by atoms with van der Waals surface area (Å²) in [4.78, 5) is 2.60. The normalized spacial score (nSPS) is 16.7. The van der Waals surface area contributed by atoms with E-state index in [0.29, 0.717) is 0 Å². The van der Waals surface area contributed by atoms with Crippen molar-refractivity contribution in [1.82, 2.24) is 9.47 Å². The second-order valence-electron chi connectivity index (χ2n) is 7.07. The van der Waals surface area contributed by atoms with Gasteiger partial charge in [-0.1, -0.05) is 48.5 Å². The Hall–Kier alpha value is -2.06. The Bertz CT molecular complexity index is 767. The average molecular weight is 318 g/mol. The zero-order chi connectivity index (χ0) is 16.2. The van der Waals surface area contributed by atoms with E-state index in [0.717, 1.165) is 12.6 Å². The number of rotatable bonds is 5. The first-order valence-corrected chi connectivity index (χ1v) is 9.19. The first kappa shape index (κ1) is 15.5. The predicted octanol–water partition coefficient (Wildman–Crippen LogP) is 4.94. The molecule has 2 heterocycles. The molecule has 0 bridgehead atoms. The van der Waals surface area contributed by atoms with Crippen molar-refractivity contribution in [2.75, 3.05) is 13.1 Å². The molecule has 0 aliphatic carbocycles. The van der Waals surface area contributed by atoms with Crippen molar-refractivity contribution in [1.29, 1.82) is 0 Å². The van der Waals surface area contributed by atoms with Crippen LogP contribution in [0, 0.1) is 5.92 Å². The zero-order valence-electron chi connectivity index (χ0n) is 14.3. The maximum absolute atomic E-state index is 2.60. The van der Waals surface area contributed by atoms with E-state index in [1.807, 2.05) is 0 Å². The molecule has 1 aliphatic rings. The predicted molar refractivity (Wildman–Crippen MR) is 101 cm³/mol. The largest absolute Gasteiger partial charge is 0.334 e. The lowest BCUT2D eigenvalue weighted by Crippen LogP contribution is -2.35. The molecule has 2 aromatic carbocycles. The number of hydrogen-bond donors (Lipinski definition) is 0. The summed E-state index contributed by atoms with van der Waals surface area (Å²) < 4.78 is 2.39. The Balaban J connectivity index is 1.28. The fourth-order valence-electron chi connectivity index (χ4n) is 3.91. The third kappa shape index (κ3) is 3.54. The molecule has 1 fully saturated rings. The van der Waals surface area contributed by atoms with Gasteiger partial charge in [-0.2, -0.15) is 0 Å². The number of aromatic nitrogens is 1. The van der Waals surface area contributed by atoms with Crippen LogP contribution in [0.15, 0.2) is 66.9 Å². The summed E-state index contributed by atoms with van der Waals surface area (Å²) in [5.41, 5.74) is 2.84. The average Bonchev–Trinajstić information content (AvgIpc) is 3.05. The fourth-order valence-corrected chi connectivity index (χ4v) is 3.91. The summed E-state index contributed by atoms with van der Waals surface area (Å²) in [6, 6.07) is 21.8. The highest BCUT2D eigenvalue weighted by molar-refractivity contribution is 5.79. The number of hydrogen-bond acceptors (Lipinski definition) is 1. The van der Waals surface area contributed by atoms with E-state index in [-0.39, 0.29) is 0 Å². The van der Waals surface area contributed by atoms with E-state index in [4.69, 9.17) is 0 Å². The van der Waals surface area contributed by atoms with Crippen LogP contribution in [0.2, 0.25) is 0 Å². The van der Waals surface area contributed by atoms with Crippen LogP contribution < -0.4 is 0 Å². The van der Waals surface area contributed by atoms with Crippen LogP contribution in [0.5, 0.6) is 0 Å². The number of para-hydroxylation sites is 1. The topological polar surface area (TPSA) is 8.17 Å². The van der Waals surface area contributed by atoms with Gasteiger partial charge in [-0.15, -0.1) is 0 Å². The van der Waals surface area contributed by atoms with Gasteiger partial charge >= 0.3 is 0 Å². The number of nitrogens with zero attached hydrogens (tertiary/aromatic N) is 2. The van der Waals surface area contributed by atoms with E-state index < -0.39 is 0 Å². The Morgan fingerprint density at radius 1 is 0.833 bits per heavy atom. The summed E-state index contributed by atoms with van der Waals surface area (Å²) in [5, 5.41) is 1.34. The molecule has 0 unspecified atom stereocenters. The van der Waals surface area contributed by atoms with Crippen LogP contribution in [0.4, 0.5) is 0 Å². The monoisotopic (exact) mass is 318 g/mol. The molecule has 2 nitrogen and oxygen atoms in total. The summed E-state index contributed by atoms with van der Waals surface area (Å²) in [6.07, 6.45) is 7.47. The van der Waals surface area contributed by atoms with Crippen molar-refractivity contribution in [3.63, 3.8) is 0 Å². The van der Waals surface area contributed by atoms with Crippen LogP contribution >= 0.6 is 0 Å². The lowest BCUT2D eigenvalue weighted by Gasteiger charge is -2.32. The van der Waals surface area contributed by atoms with Gasteiger partial charge < -0.3 is 4.57 Å². The van der Waals surface area contributed by atoms with Gasteiger partial charge in [0.05, 0.1) is 6.67 Å². The van der Waals surface area contributed by atoms with Crippen LogP contribution in [-0.4, -0.2) is 22.6 Å². The number of benzene rings is 2. The van der Waals surface area contributed by atoms with Gasteiger partial charge in [-0.05, 0) is 54.7 Å². The van der Waals surface area contributed by atoms with E-state index in [9.17, 15) is 0 Å². The van der Waals surface area contributed by atoms with Crippen molar-refractivity contribution in [3.8, 4) is 0 Å². The smallest absolute Gasteiger partial charge is 0.0751 e.